The van der Waals surface area contributed by atoms with Gasteiger partial charge in [-0.2, -0.15) is 0 Å². The van der Waals surface area contributed by atoms with Gasteiger partial charge in [0.2, 0.25) is 0 Å². The summed E-state index contributed by atoms with van der Waals surface area (Å²) in [5, 5.41) is 0. The maximum Gasteiger partial charge on any atom is 0.131 e. The van der Waals surface area contributed by atoms with Gasteiger partial charge in [-0.1, -0.05) is 18.3 Å². The summed E-state index contributed by atoms with van der Waals surface area (Å²) in [6.07, 6.45) is 6.22. The van der Waals surface area contributed by atoms with Crippen molar-refractivity contribution in [2.75, 3.05) is 27.4 Å². The summed E-state index contributed by atoms with van der Waals surface area (Å²) in [6.45, 7) is 1.27. The lowest BCUT2D eigenvalue weighted by Gasteiger charge is -2.30. The Hall–Kier alpha value is -1.46. The van der Waals surface area contributed by atoms with Gasteiger partial charge in [0.05, 0.1) is 18.7 Å². The smallest absolute Gasteiger partial charge is 0.131 e. The molecule has 1 aliphatic rings. The Morgan fingerprint density at radius 2 is 2.09 bits per heavy atom. The molecule has 0 aromatic heterocycles. The molecule has 0 bridgehead atoms. The van der Waals surface area contributed by atoms with Crippen LogP contribution in [-0.2, 0) is 4.74 Å². The Balaban J connectivity index is 2.43. The van der Waals surface area contributed by atoms with Crippen LogP contribution in [0.15, 0.2) is 24.3 Å². The average Bonchev–Trinajstić information content (AvgIpc) is 2.51. The molecule has 22 heavy (non-hydrogen) atoms. The van der Waals surface area contributed by atoms with Gasteiger partial charge in [0, 0.05) is 31.0 Å². The van der Waals surface area contributed by atoms with Crippen molar-refractivity contribution in [2.45, 2.75) is 25.7 Å². The Kier molecular flexibility index (Phi) is 6.34. The van der Waals surface area contributed by atoms with Crippen molar-refractivity contribution in [3.8, 4) is 5.75 Å². The molecule has 1 heterocycles. The van der Waals surface area contributed by atoms with Crippen LogP contribution in [0.3, 0.4) is 0 Å². The molecule has 0 saturated heterocycles. The minimum absolute atomic E-state index is 0.307. The number of halogens is 1. The van der Waals surface area contributed by atoms with Crippen molar-refractivity contribution >= 4 is 22.9 Å². The standard InChI is InChI=1S/C17H22FNO2S/c1-20-11-10-19-15(6-4-3-5-7-17(19)22)14-9-8-13(18)12-16(14)21-2/h6,8-9,12H,3-5,7,10-11H2,1-2H3. The highest BCUT2D eigenvalue weighted by molar-refractivity contribution is 7.80. The molecule has 1 aromatic rings. The molecule has 1 aliphatic heterocycles. The number of methoxy groups -OCH3 is 2. The fraction of sp³-hybridized carbons (Fsp3) is 0.471. The Bertz CT molecular complexity index is 560. The molecule has 0 atom stereocenters. The van der Waals surface area contributed by atoms with Gasteiger partial charge in [-0.25, -0.2) is 4.39 Å². The third-order valence-electron chi connectivity index (χ3n) is 3.73. The zero-order valence-corrected chi connectivity index (χ0v) is 13.9. The van der Waals surface area contributed by atoms with Gasteiger partial charge in [-0.3, -0.25) is 0 Å². The lowest BCUT2D eigenvalue weighted by atomic mass is 10.0. The topological polar surface area (TPSA) is 21.7 Å². The quantitative estimate of drug-likeness (QED) is 0.763. The van der Waals surface area contributed by atoms with E-state index < -0.39 is 0 Å². The van der Waals surface area contributed by atoms with E-state index in [4.69, 9.17) is 21.7 Å². The minimum Gasteiger partial charge on any atom is -0.496 e. The predicted octanol–water partition coefficient (Wildman–Crippen LogP) is 4.03. The van der Waals surface area contributed by atoms with Gasteiger partial charge in [0.25, 0.3) is 0 Å². The van der Waals surface area contributed by atoms with E-state index in [-0.39, 0.29) is 5.82 Å². The monoisotopic (exact) mass is 323 g/mol. The molecule has 5 heteroatoms. The summed E-state index contributed by atoms with van der Waals surface area (Å²) in [7, 11) is 3.23. The molecule has 1 aromatic carbocycles. The van der Waals surface area contributed by atoms with Gasteiger partial charge in [-0.15, -0.1) is 0 Å². The fourth-order valence-electron chi connectivity index (χ4n) is 2.60. The molecule has 0 saturated carbocycles. The SMILES string of the molecule is COCCN1C(=S)CCCCC=C1c1ccc(F)cc1OC. The van der Waals surface area contributed by atoms with Crippen molar-refractivity contribution in [3.05, 3.63) is 35.7 Å². The minimum atomic E-state index is -0.307. The summed E-state index contributed by atoms with van der Waals surface area (Å²) in [5.74, 6) is 0.218. The van der Waals surface area contributed by atoms with Crippen molar-refractivity contribution in [1.82, 2.24) is 4.90 Å². The van der Waals surface area contributed by atoms with Crippen molar-refractivity contribution in [3.63, 3.8) is 0 Å². The molecule has 3 nitrogen and oxygen atoms in total. The second-order valence-corrected chi connectivity index (χ2v) is 5.69. The first-order valence-electron chi connectivity index (χ1n) is 7.50. The fourth-order valence-corrected chi connectivity index (χ4v) is 2.93. The summed E-state index contributed by atoms with van der Waals surface area (Å²) in [4.78, 5) is 2.99. The van der Waals surface area contributed by atoms with Gasteiger partial charge in [0.1, 0.15) is 11.6 Å². The van der Waals surface area contributed by atoms with Gasteiger partial charge < -0.3 is 14.4 Å². The van der Waals surface area contributed by atoms with E-state index in [0.29, 0.717) is 18.9 Å². The number of benzene rings is 1. The third-order valence-corrected chi connectivity index (χ3v) is 4.16. The lowest BCUT2D eigenvalue weighted by Crippen LogP contribution is -2.32. The predicted molar refractivity (Wildman–Crippen MR) is 90.6 cm³/mol. The van der Waals surface area contributed by atoms with Crippen LogP contribution in [0.2, 0.25) is 0 Å². The van der Waals surface area contributed by atoms with Crippen molar-refractivity contribution in [1.29, 1.82) is 0 Å². The van der Waals surface area contributed by atoms with Crippen LogP contribution in [0.5, 0.6) is 5.75 Å². The first-order chi connectivity index (χ1) is 10.7. The van der Waals surface area contributed by atoms with Gasteiger partial charge in [-0.05, 0) is 37.8 Å². The first-order valence-corrected chi connectivity index (χ1v) is 7.91. The molecular formula is C17H22FNO2S. The van der Waals surface area contributed by atoms with Crippen LogP contribution in [0, 0.1) is 5.82 Å². The molecule has 0 unspecified atom stereocenters. The third kappa shape index (κ3) is 4.05. The van der Waals surface area contributed by atoms with Crippen LogP contribution >= 0.6 is 12.2 Å². The number of nitrogens with zero attached hydrogens (tertiary/aromatic N) is 1. The van der Waals surface area contributed by atoms with E-state index in [1.807, 2.05) is 0 Å². The first kappa shape index (κ1) is 16.9. The van der Waals surface area contributed by atoms with Crippen LogP contribution in [0.25, 0.3) is 5.70 Å². The Labute approximate surface area is 136 Å². The highest BCUT2D eigenvalue weighted by Crippen LogP contribution is 2.32. The second-order valence-electron chi connectivity index (χ2n) is 5.22. The van der Waals surface area contributed by atoms with E-state index in [0.717, 1.165) is 41.9 Å². The Morgan fingerprint density at radius 3 is 2.82 bits per heavy atom. The van der Waals surface area contributed by atoms with E-state index in [9.17, 15) is 4.39 Å². The van der Waals surface area contributed by atoms with E-state index in [2.05, 4.69) is 11.0 Å². The molecule has 120 valence electrons. The highest BCUT2D eigenvalue weighted by Gasteiger charge is 2.20. The van der Waals surface area contributed by atoms with Crippen molar-refractivity contribution in [2.24, 2.45) is 0 Å². The van der Waals surface area contributed by atoms with Crippen LogP contribution in [0.4, 0.5) is 4.39 Å². The zero-order chi connectivity index (χ0) is 15.9. The number of hydrogen-bond acceptors (Lipinski definition) is 3. The molecule has 0 amide bonds. The van der Waals surface area contributed by atoms with Crippen molar-refractivity contribution < 1.29 is 13.9 Å². The lowest BCUT2D eigenvalue weighted by molar-refractivity contribution is 0.188. The van der Waals surface area contributed by atoms with E-state index >= 15 is 0 Å². The number of rotatable bonds is 5. The summed E-state index contributed by atoms with van der Waals surface area (Å²) in [6, 6.07) is 4.62. The molecule has 0 fully saturated rings. The van der Waals surface area contributed by atoms with Crippen LogP contribution < -0.4 is 4.74 Å². The average molecular weight is 323 g/mol. The number of allylic oxidation sites excluding steroid dienone is 1. The number of thiocarbonyl (C=S) groups is 1. The van der Waals surface area contributed by atoms with Gasteiger partial charge in [0.15, 0.2) is 0 Å². The second kappa shape index (κ2) is 8.25. The normalized spacial score (nSPS) is 16.0. The molecular weight excluding hydrogens is 301 g/mol. The molecule has 2 rings (SSSR count). The maximum atomic E-state index is 13.5. The Morgan fingerprint density at radius 1 is 1.27 bits per heavy atom. The van der Waals surface area contributed by atoms with Gasteiger partial charge >= 0.3 is 0 Å². The largest absolute Gasteiger partial charge is 0.496 e. The number of hydrogen-bond donors (Lipinski definition) is 0. The molecule has 0 N–H and O–H groups in total. The van der Waals surface area contributed by atoms with Crippen LogP contribution in [-0.4, -0.2) is 37.3 Å². The zero-order valence-electron chi connectivity index (χ0n) is 13.1. The summed E-state index contributed by atoms with van der Waals surface area (Å²) in [5.41, 5.74) is 1.85. The summed E-state index contributed by atoms with van der Waals surface area (Å²) < 4.78 is 24.0. The highest BCUT2D eigenvalue weighted by atomic mass is 32.1. The molecule has 0 radical (unpaired) electrons. The number of ether oxygens (including phenoxy) is 2. The molecule has 0 aliphatic carbocycles. The summed E-state index contributed by atoms with van der Waals surface area (Å²) >= 11 is 5.58. The molecule has 0 spiro atoms. The van der Waals surface area contributed by atoms with E-state index in [1.165, 1.54) is 12.1 Å². The van der Waals surface area contributed by atoms with E-state index in [1.54, 1.807) is 20.3 Å². The van der Waals surface area contributed by atoms with Crippen LogP contribution in [0.1, 0.15) is 31.2 Å². The maximum absolute atomic E-state index is 13.5.